The second-order valence-corrected chi connectivity index (χ2v) is 6.29. The number of benzene rings is 1. The maximum Gasteiger partial charge on any atom is 0.350 e. The van der Waals surface area contributed by atoms with Gasteiger partial charge in [-0.05, 0) is 36.8 Å². The molecule has 3 rings (SSSR count). The van der Waals surface area contributed by atoms with Gasteiger partial charge in [-0.15, -0.1) is 0 Å². The van der Waals surface area contributed by atoms with Gasteiger partial charge < -0.3 is 24.5 Å². The van der Waals surface area contributed by atoms with Crippen molar-refractivity contribution < 1.29 is 28.3 Å². The molecule has 1 amide bonds. The van der Waals surface area contributed by atoms with Gasteiger partial charge in [-0.1, -0.05) is 6.07 Å². The Morgan fingerprint density at radius 3 is 2.33 bits per heavy atom. The van der Waals surface area contributed by atoms with E-state index in [4.69, 9.17) is 13.9 Å². The zero-order valence-corrected chi connectivity index (χ0v) is 15.0. The highest BCUT2D eigenvalue weighted by Crippen LogP contribution is 2.26. The summed E-state index contributed by atoms with van der Waals surface area (Å²) in [5.74, 6) is -3.05. The minimum atomic E-state index is -1.29. The summed E-state index contributed by atoms with van der Waals surface area (Å²) in [7, 11) is 0. The normalized spacial score (nSPS) is 15.6. The van der Waals surface area contributed by atoms with Crippen LogP contribution in [0.2, 0.25) is 0 Å². The highest BCUT2D eigenvalue weighted by Gasteiger charge is 2.38. The number of hydrogen-bond acceptors (Lipinski definition) is 7. The number of esters is 2. The Hall–Kier alpha value is -3.55. The molecule has 1 fully saturated rings. The summed E-state index contributed by atoms with van der Waals surface area (Å²) < 4.78 is 15.1. The second kappa shape index (κ2) is 6.99. The lowest BCUT2D eigenvalue weighted by Gasteiger charge is -2.29. The molecule has 0 spiro atoms. The van der Waals surface area contributed by atoms with E-state index in [1.165, 1.54) is 26.3 Å². The van der Waals surface area contributed by atoms with Crippen molar-refractivity contribution in [2.24, 2.45) is 0 Å². The van der Waals surface area contributed by atoms with Gasteiger partial charge in [-0.3, -0.25) is 4.79 Å². The molecule has 1 saturated heterocycles. The number of anilines is 2. The smallest absolute Gasteiger partial charge is 0.350 e. The Morgan fingerprint density at radius 2 is 1.70 bits per heavy atom. The van der Waals surface area contributed by atoms with Crippen LogP contribution in [0, 0.1) is 6.92 Å². The van der Waals surface area contributed by atoms with Crippen LogP contribution in [-0.4, -0.2) is 23.6 Å². The number of furan rings is 1. The average Bonchev–Trinajstić information content (AvgIpc) is 3.10. The molecule has 8 nitrogen and oxygen atoms in total. The molecule has 140 valence electrons. The van der Waals surface area contributed by atoms with Crippen molar-refractivity contribution in [3.05, 3.63) is 59.7 Å². The molecule has 1 aliphatic rings. The monoisotopic (exact) mass is 370 g/mol. The Balaban J connectivity index is 1.77. The third-order valence-corrected chi connectivity index (χ3v) is 3.82. The van der Waals surface area contributed by atoms with E-state index in [1.807, 2.05) is 0 Å². The summed E-state index contributed by atoms with van der Waals surface area (Å²) in [5.41, 5.74) is 1.59. The first-order chi connectivity index (χ1) is 12.8. The highest BCUT2D eigenvalue weighted by atomic mass is 16.7. The van der Waals surface area contributed by atoms with Crippen LogP contribution < -0.4 is 10.6 Å². The minimum absolute atomic E-state index is 0.185. The van der Waals surface area contributed by atoms with Gasteiger partial charge in [0, 0.05) is 31.4 Å². The van der Waals surface area contributed by atoms with E-state index in [-0.39, 0.29) is 17.2 Å². The molecule has 1 aromatic carbocycles. The van der Waals surface area contributed by atoms with Crippen molar-refractivity contribution in [1.29, 1.82) is 0 Å². The van der Waals surface area contributed by atoms with Crippen molar-refractivity contribution in [2.75, 3.05) is 10.6 Å². The van der Waals surface area contributed by atoms with Crippen molar-refractivity contribution >= 4 is 29.2 Å². The maximum atomic E-state index is 12.1. The number of ether oxygens (including phenoxy) is 2. The van der Waals surface area contributed by atoms with Gasteiger partial charge in [0.25, 0.3) is 11.7 Å². The molecule has 0 saturated carbocycles. The van der Waals surface area contributed by atoms with Gasteiger partial charge in [0.15, 0.2) is 11.3 Å². The van der Waals surface area contributed by atoms with Crippen LogP contribution in [0.5, 0.6) is 0 Å². The second-order valence-electron chi connectivity index (χ2n) is 6.29. The lowest BCUT2D eigenvalue weighted by atomic mass is 10.1. The third kappa shape index (κ3) is 4.00. The maximum absolute atomic E-state index is 12.1. The summed E-state index contributed by atoms with van der Waals surface area (Å²) in [6.45, 7) is 4.73. The SMILES string of the molecule is Cc1c(NC=C2C(=O)OC(C)(C)OC2=O)cccc1NC(=O)c1ccco1. The van der Waals surface area contributed by atoms with E-state index < -0.39 is 17.7 Å². The third-order valence-electron chi connectivity index (χ3n) is 3.82. The van der Waals surface area contributed by atoms with E-state index in [2.05, 4.69) is 10.6 Å². The van der Waals surface area contributed by atoms with Gasteiger partial charge >= 0.3 is 11.9 Å². The Bertz CT molecular complexity index is 906. The van der Waals surface area contributed by atoms with E-state index in [0.717, 1.165) is 0 Å². The number of rotatable bonds is 4. The van der Waals surface area contributed by atoms with Gasteiger partial charge in [0.05, 0.1) is 6.26 Å². The van der Waals surface area contributed by atoms with Crippen LogP contribution in [0.4, 0.5) is 11.4 Å². The lowest BCUT2D eigenvalue weighted by molar-refractivity contribution is -0.222. The number of carbonyl (C=O) groups excluding carboxylic acids is 3. The molecule has 0 bridgehead atoms. The summed E-state index contributed by atoms with van der Waals surface area (Å²) >= 11 is 0. The van der Waals surface area contributed by atoms with Gasteiger partial charge in [-0.2, -0.15) is 0 Å². The van der Waals surface area contributed by atoms with Crippen molar-refractivity contribution in [3.63, 3.8) is 0 Å². The predicted octanol–water partition coefficient (Wildman–Crippen LogP) is 2.97. The Labute approximate surface area is 155 Å². The molecule has 1 aliphatic heterocycles. The summed E-state index contributed by atoms with van der Waals surface area (Å²) in [6.07, 6.45) is 2.63. The largest absolute Gasteiger partial charge is 0.459 e. The van der Waals surface area contributed by atoms with Crippen LogP contribution in [0.1, 0.15) is 30.0 Å². The molecule has 2 N–H and O–H groups in total. The number of carbonyl (C=O) groups is 3. The van der Waals surface area contributed by atoms with Gasteiger partial charge in [-0.25, -0.2) is 9.59 Å². The first kappa shape index (κ1) is 18.2. The summed E-state index contributed by atoms with van der Waals surface area (Å²) in [4.78, 5) is 36.1. The number of hydrogen-bond donors (Lipinski definition) is 2. The Kier molecular flexibility index (Phi) is 4.72. The van der Waals surface area contributed by atoms with Crippen molar-refractivity contribution in [3.8, 4) is 0 Å². The zero-order chi connectivity index (χ0) is 19.6. The van der Waals surface area contributed by atoms with E-state index in [9.17, 15) is 14.4 Å². The van der Waals surface area contributed by atoms with E-state index in [1.54, 1.807) is 37.3 Å². The van der Waals surface area contributed by atoms with Crippen LogP contribution in [-0.2, 0) is 19.1 Å². The van der Waals surface area contributed by atoms with Crippen LogP contribution in [0.15, 0.2) is 52.8 Å². The molecule has 8 heteroatoms. The van der Waals surface area contributed by atoms with Crippen molar-refractivity contribution in [2.45, 2.75) is 26.6 Å². The molecule has 2 heterocycles. The molecule has 0 atom stereocenters. The standard InChI is InChI=1S/C19H18N2O6/c1-11-13(20-10-12-17(23)26-19(2,3)27-18(12)24)6-4-7-14(11)21-16(22)15-8-5-9-25-15/h4-10,20H,1-3H3,(H,21,22). The molecule has 2 aromatic rings. The van der Waals surface area contributed by atoms with Crippen LogP contribution >= 0.6 is 0 Å². The van der Waals surface area contributed by atoms with Gasteiger partial charge in [0.1, 0.15) is 0 Å². The lowest BCUT2D eigenvalue weighted by Crippen LogP contribution is -2.42. The summed E-state index contributed by atoms with van der Waals surface area (Å²) in [6, 6.07) is 8.35. The highest BCUT2D eigenvalue weighted by molar-refractivity contribution is 6.15. The minimum Gasteiger partial charge on any atom is -0.459 e. The van der Waals surface area contributed by atoms with E-state index in [0.29, 0.717) is 16.9 Å². The first-order valence-electron chi connectivity index (χ1n) is 8.15. The molecular formula is C19H18N2O6. The first-order valence-corrected chi connectivity index (χ1v) is 8.15. The molecule has 0 aliphatic carbocycles. The molecule has 27 heavy (non-hydrogen) atoms. The predicted molar refractivity (Wildman–Crippen MR) is 95.8 cm³/mol. The topological polar surface area (TPSA) is 107 Å². The average molecular weight is 370 g/mol. The number of cyclic esters (lactones) is 2. The summed E-state index contributed by atoms with van der Waals surface area (Å²) in [5, 5.41) is 5.62. The van der Waals surface area contributed by atoms with Crippen LogP contribution in [0.25, 0.3) is 0 Å². The number of nitrogens with one attached hydrogen (secondary N) is 2. The molecular weight excluding hydrogens is 352 g/mol. The fraction of sp³-hybridized carbons (Fsp3) is 0.211. The molecule has 0 unspecified atom stereocenters. The zero-order valence-electron chi connectivity index (χ0n) is 15.0. The molecule has 1 aromatic heterocycles. The van der Waals surface area contributed by atoms with Crippen LogP contribution in [0.3, 0.4) is 0 Å². The molecule has 0 radical (unpaired) electrons. The Morgan fingerprint density at radius 1 is 1.04 bits per heavy atom. The quantitative estimate of drug-likeness (QED) is 0.484. The van der Waals surface area contributed by atoms with E-state index >= 15 is 0 Å². The van der Waals surface area contributed by atoms with Crippen molar-refractivity contribution in [1.82, 2.24) is 0 Å². The fourth-order valence-corrected chi connectivity index (χ4v) is 2.45. The fourth-order valence-electron chi connectivity index (χ4n) is 2.45. The number of amides is 1. The van der Waals surface area contributed by atoms with Gasteiger partial charge in [0.2, 0.25) is 0 Å².